The number of hydrogen-bond donors (Lipinski definition) is 0. The minimum Gasteiger partial charge on any atom is -0.472 e. The van der Waals surface area contributed by atoms with Gasteiger partial charge in [0, 0.05) is 25.7 Å². The number of aromatic nitrogens is 3. The van der Waals surface area contributed by atoms with Crippen LogP contribution in [0, 0.1) is 0 Å². The van der Waals surface area contributed by atoms with Crippen molar-refractivity contribution in [3.8, 4) is 16.6 Å². The van der Waals surface area contributed by atoms with E-state index in [1.165, 1.54) is 11.3 Å². The molecular weight excluding hydrogens is 461 g/mol. The Kier molecular flexibility index (Phi) is 7.28. The minimum atomic E-state index is -0.548. The summed E-state index contributed by atoms with van der Waals surface area (Å²) >= 11 is 14.2. The van der Waals surface area contributed by atoms with Gasteiger partial charge >= 0.3 is 6.09 Å². The largest absolute Gasteiger partial charge is 0.472 e. The van der Waals surface area contributed by atoms with Crippen LogP contribution in [0.5, 0.6) is 5.88 Å². The molecule has 2 aromatic heterocycles. The van der Waals surface area contributed by atoms with E-state index in [1.807, 2.05) is 32.6 Å². The van der Waals surface area contributed by atoms with Crippen LogP contribution in [0.2, 0.25) is 10.2 Å². The number of piperazine rings is 1. The second-order valence-electron chi connectivity index (χ2n) is 8.03. The van der Waals surface area contributed by atoms with E-state index in [2.05, 4.69) is 21.5 Å². The van der Waals surface area contributed by atoms with Gasteiger partial charge < -0.3 is 19.3 Å². The molecule has 11 heteroatoms. The first-order valence-electron chi connectivity index (χ1n) is 9.76. The van der Waals surface area contributed by atoms with Crippen LogP contribution in [-0.2, 0) is 4.74 Å². The second kappa shape index (κ2) is 9.58. The molecule has 1 fully saturated rings. The van der Waals surface area contributed by atoms with Gasteiger partial charge in [0.1, 0.15) is 22.1 Å². The van der Waals surface area contributed by atoms with Gasteiger partial charge in [0.15, 0.2) is 16.8 Å². The number of hydrogen-bond acceptors (Lipinski definition) is 8. The van der Waals surface area contributed by atoms with Crippen molar-refractivity contribution in [1.29, 1.82) is 0 Å². The van der Waals surface area contributed by atoms with Crippen molar-refractivity contribution in [3.63, 3.8) is 0 Å². The van der Waals surface area contributed by atoms with Gasteiger partial charge in [-0.05, 0) is 27.7 Å². The van der Waals surface area contributed by atoms with E-state index in [0.717, 1.165) is 0 Å². The molecule has 0 unspecified atom stereocenters. The molecule has 0 aromatic carbocycles. The Bertz CT molecular complexity index is 963. The maximum Gasteiger partial charge on any atom is 0.410 e. The summed E-state index contributed by atoms with van der Waals surface area (Å²) in [7, 11) is 0. The Labute approximate surface area is 195 Å². The number of carbonyl (C=O) groups is 1. The van der Waals surface area contributed by atoms with Crippen molar-refractivity contribution in [2.45, 2.75) is 39.3 Å². The minimum absolute atomic E-state index is 0.0642. The number of anilines is 1. The first kappa shape index (κ1) is 23.6. The van der Waals surface area contributed by atoms with E-state index in [4.69, 9.17) is 32.7 Å². The molecule has 168 valence electrons. The van der Waals surface area contributed by atoms with Crippen molar-refractivity contribution in [1.82, 2.24) is 19.9 Å². The van der Waals surface area contributed by atoms with Gasteiger partial charge in [-0.3, -0.25) is 0 Å². The average Bonchev–Trinajstić information content (AvgIpc) is 3.12. The molecule has 8 nitrogen and oxygen atoms in total. The lowest BCUT2D eigenvalue weighted by molar-refractivity contribution is 0.0218. The molecule has 0 bridgehead atoms. The SMILES string of the molecule is C=CCOc1nc(-c2scnc2Cl)nc(N2CCN(C(=O)OC(C)(C)C)C[C@H]2C)c1Cl. The van der Waals surface area contributed by atoms with Gasteiger partial charge in [-0.2, -0.15) is 4.98 Å². The summed E-state index contributed by atoms with van der Waals surface area (Å²) in [6.45, 7) is 12.9. The van der Waals surface area contributed by atoms with Crippen LogP contribution >= 0.6 is 34.5 Å². The number of rotatable bonds is 5. The first-order chi connectivity index (χ1) is 14.6. The molecular formula is C20H25Cl2N5O3S. The fourth-order valence-corrected chi connectivity index (χ4v) is 4.27. The molecule has 3 rings (SSSR count). The molecule has 2 aromatic rings. The van der Waals surface area contributed by atoms with E-state index in [1.54, 1.807) is 16.5 Å². The summed E-state index contributed by atoms with van der Waals surface area (Å²) in [5.41, 5.74) is 1.08. The molecule has 0 saturated carbocycles. The average molecular weight is 486 g/mol. The van der Waals surface area contributed by atoms with E-state index < -0.39 is 5.60 Å². The van der Waals surface area contributed by atoms with Crippen molar-refractivity contribution in [3.05, 3.63) is 28.3 Å². The number of halogens is 2. The summed E-state index contributed by atoms with van der Waals surface area (Å²) in [6, 6.07) is -0.0642. The predicted octanol–water partition coefficient (Wildman–Crippen LogP) is 4.92. The van der Waals surface area contributed by atoms with Crippen molar-refractivity contribution in [2.75, 3.05) is 31.1 Å². The standard InChI is InChI=1S/C20H25Cl2N5O3S/c1-6-9-29-18-13(21)17(24-16(25-18)14-15(22)23-11-31-14)27-8-7-26(10-12(27)2)19(28)30-20(3,4)5/h6,11-12H,1,7-10H2,2-5H3/t12-/m1/s1. The summed E-state index contributed by atoms with van der Waals surface area (Å²) in [6.07, 6.45) is 1.28. The van der Waals surface area contributed by atoms with Crippen LogP contribution in [0.25, 0.3) is 10.7 Å². The second-order valence-corrected chi connectivity index (χ2v) is 9.62. The van der Waals surface area contributed by atoms with Crippen molar-refractivity contribution in [2.24, 2.45) is 0 Å². The topological polar surface area (TPSA) is 80.7 Å². The fourth-order valence-electron chi connectivity index (χ4n) is 3.08. The maximum absolute atomic E-state index is 12.5. The lowest BCUT2D eigenvalue weighted by atomic mass is 10.2. The molecule has 0 radical (unpaired) electrons. The van der Waals surface area contributed by atoms with Crippen LogP contribution in [0.15, 0.2) is 18.2 Å². The number of thiazole rings is 1. The van der Waals surface area contributed by atoms with Gasteiger partial charge in [0.25, 0.3) is 0 Å². The normalized spacial score (nSPS) is 16.9. The Balaban J connectivity index is 1.90. The molecule has 1 aliphatic rings. The molecule has 31 heavy (non-hydrogen) atoms. The number of nitrogens with zero attached hydrogens (tertiary/aromatic N) is 5. The van der Waals surface area contributed by atoms with Gasteiger partial charge in [-0.15, -0.1) is 11.3 Å². The third-order valence-corrected chi connectivity index (χ3v) is 5.97. The monoisotopic (exact) mass is 485 g/mol. The van der Waals surface area contributed by atoms with Crippen LogP contribution in [0.3, 0.4) is 0 Å². The summed E-state index contributed by atoms with van der Waals surface area (Å²) < 4.78 is 11.2. The molecule has 1 atom stereocenters. The van der Waals surface area contributed by atoms with Crippen LogP contribution in [0.4, 0.5) is 10.6 Å². The van der Waals surface area contributed by atoms with Crippen molar-refractivity contribution < 1.29 is 14.3 Å². The quantitative estimate of drug-likeness (QED) is 0.555. The molecule has 1 amide bonds. The van der Waals surface area contributed by atoms with E-state index >= 15 is 0 Å². The fraction of sp³-hybridized carbons (Fsp3) is 0.500. The van der Waals surface area contributed by atoms with Crippen LogP contribution in [-0.4, -0.2) is 63.8 Å². The highest BCUT2D eigenvalue weighted by Crippen LogP contribution is 2.38. The smallest absolute Gasteiger partial charge is 0.410 e. The highest BCUT2D eigenvalue weighted by molar-refractivity contribution is 7.13. The zero-order chi connectivity index (χ0) is 22.8. The van der Waals surface area contributed by atoms with Gasteiger partial charge in [-0.25, -0.2) is 14.8 Å². The van der Waals surface area contributed by atoms with E-state index in [0.29, 0.717) is 46.3 Å². The van der Waals surface area contributed by atoms with Crippen LogP contribution < -0.4 is 9.64 Å². The summed E-state index contributed by atoms with van der Waals surface area (Å²) in [5, 5.41) is 0.611. The molecule has 0 spiro atoms. The van der Waals surface area contributed by atoms with Crippen molar-refractivity contribution >= 4 is 46.4 Å². The van der Waals surface area contributed by atoms with Gasteiger partial charge in [0.05, 0.1) is 5.51 Å². The van der Waals surface area contributed by atoms with E-state index in [9.17, 15) is 4.79 Å². The van der Waals surface area contributed by atoms with Crippen LogP contribution in [0.1, 0.15) is 27.7 Å². The summed E-state index contributed by atoms with van der Waals surface area (Å²) in [5.74, 6) is 1.15. The molecule has 0 N–H and O–H groups in total. The predicted molar refractivity (Wildman–Crippen MR) is 123 cm³/mol. The van der Waals surface area contributed by atoms with Gasteiger partial charge in [-0.1, -0.05) is 35.9 Å². The lowest BCUT2D eigenvalue weighted by Crippen LogP contribution is -2.55. The number of ether oxygens (including phenoxy) is 2. The van der Waals surface area contributed by atoms with Gasteiger partial charge in [0.2, 0.25) is 5.88 Å². The Hall–Kier alpha value is -2.10. The number of carbonyl (C=O) groups excluding carboxylic acids is 1. The summed E-state index contributed by atoms with van der Waals surface area (Å²) in [4.78, 5) is 30.0. The number of amides is 1. The Morgan fingerprint density at radius 3 is 2.68 bits per heavy atom. The lowest BCUT2D eigenvalue weighted by Gasteiger charge is -2.41. The Morgan fingerprint density at radius 2 is 2.10 bits per heavy atom. The Morgan fingerprint density at radius 1 is 1.35 bits per heavy atom. The zero-order valence-corrected chi connectivity index (χ0v) is 20.2. The molecule has 3 heterocycles. The third-order valence-electron chi connectivity index (χ3n) is 4.42. The molecule has 0 aliphatic carbocycles. The third kappa shape index (κ3) is 5.58. The highest BCUT2D eigenvalue weighted by atomic mass is 35.5. The zero-order valence-electron chi connectivity index (χ0n) is 17.9. The highest BCUT2D eigenvalue weighted by Gasteiger charge is 2.32. The first-order valence-corrected chi connectivity index (χ1v) is 11.4. The molecule has 1 saturated heterocycles. The molecule has 1 aliphatic heterocycles. The maximum atomic E-state index is 12.5. The van der Waals surface area contributed by atoms with E-state index in [-0.39, 0.29) is 24.6 Å².